The van der Waals surface area contributed by atoms with Crippen molar-refractivity contribution < 1.29 is 18.9 Å². The van der Waals surface area contributed by atoms with Gasteiger partial charge in [0, 0.05) is 0 Å². The van der Waals surface area contributed by atoms with E-state index in [1.54, 1.807) is 0 Å². The fourth-order valence-electron chi connectivity index (χ4n) is 1.07. The molecule has 1 aliphatic rings. The van der Waals surface area contributed by atoms with Gasteiger partial charge >= 0.3 is 18.9 Å². The first-order valence-electron chi connectivity index (χ1n) is 2.99. The van der Waals surface area contributed by atoms with Crippen LogP contribution in [0.25, 0.3) is 5.32 Å². The van der Waals surface area contributed by atoms with E-state index in [1.807, 2.05) is 0 Å². The Morgan fingerprint density at radius 1 is 1.12 bits per heavy atom. The summed E-state index contributed by atoms with van der Waals surface area (Å²) in [7, 11) is 0. The minimum absolute atomic E-state index is 0. The zero-order chi connectivity index (χ0) is 5.28. The molecule has 0 amide bonds. The standard InChI is InChI=1S/C6H12N.Li/c1-5-3-4-6(2)7-5;/h5-6H,3-4H2,1-2H3;/q-1;+1. The summed E-state index contributed by atoms with van der Waals surface area (Å²) >= 11 is 0. The zero-order valence-electron chi connectivity index (χ0n) is 6.02. The van der Waals surface area contributed by atoms with Crippen molar-refractivity contribution in [1.29, 1.82) is 0 Å². The molecule has 2 heteroatoms. The average Bonchev–Trinajstić information content (AvgIpc) is 1.87. The number of nitrogens with zero attached hydrogens (tertiary/aromatic N) is 1. The Morgan fingerprint density at radius 2 is 1.50 bits per heavy atom. The maximum Gasteiger partial charge on any atom is 1.00 e. The molecule has 1 nitrogen and oxygen atoms in total. The summed E-state index contributed by atoms with van der Waals surface area (Å²) in [5.74, 6) is 0. The van der Waals surface area contributed by atoms with Crippen LogP contribution in [0.4, 0.5) is 0 Å². The fourth-order valence-corrected chi connectivity index (χ4v) is 1.07. The van der Waals surface area contributed by atoms with Crippen molar-refractivity contribution in [3.8, 4) is 0 Å². The van der Waals surface area contributed by atoms with Crippen LogP contribution in [-0.4, -0.2) is 12.1 Å². The average molecular weight is 105 g/mol. The first-order chi connectivity index (χ1) is 3.29. The molecular formula is C6H12LiN. The molecule has 1 rings (SSSR count). The van der Waals surface area contributed by atoms with E-state index in [4.69, 9.17) is 0 Å². The van der Waals surface area contributed by atoms with Gasteiger partial charge in [0.05, 0.1) is 0 Å². The van der Waals surface area contributed by atoms with Gasteiger partial charge in [0.2, 0.25) is 0 Å². The summed E-state index contributed by atoms with van der Waals surface area (Å²) in [6.07, 6.45) is 2.61. The minimum Gasteiger partial charge on any atom is -0.657 e. The minimum atomic E-state index is 0. The van der Waals surface area contributed by atoms with Crippen molar-refractivity contribution in [3.05, 3.63) is 5.32 Å². The van der Waals surface area contributed by atoms with Crippen LogP contribution in [0, 0.1) is 0 Å². The molecule has 1 fully saturated rings. The maximum atomic E-state index is 4.39. The van der Waals surface area contributed by atoms with Gasteiger partial charge in [0.25, 0.3) is 0 Å². The van der Waals surface area contributed by atoms with Crippen molar-refractivity contribution in [2.24, 2.45) is 0 Å². The number of hydrogen-bond donors (Lipinski definition) is 0. The molecule has 2 atom stereocenters. The first kappa shape index (κ1) is 8.56. The molecule has 0 N–H and O–H groups in total. The van der Waals surface area contributed by atoms with Crippen LogP contribution in [-0.2, 0) is 0 Å². The van der Waals surface area contributed by atoms with Gasteiger partial charge in [-0.2, -0.15) is 0 Å². The van der Waals surface area contributed by atoms with E-state index >= 15 is 0 Å². The molecule has 0 saturated carbocycles. The van der Waals surface area contributed by atoms with Crippen LogP contribution in [0.1, 0.15) is 26.7 Å². The van der Waals surface area contributed by atoms with Crippen LogP contribution in [0.2, 0.25) is 0 Å². The quantitative estimate of drug-likeness (QED) is 0.348. The van der Waals surface area contributed by atoms with Gasteiger partial charge in [0.1, 0.15) is 0 Å². The predicted molar refractivity (Wildman–Crippen MR) is 31.5 cm³/mol. The van der Waals surface area contributed by atoms with E-state index in [-0.39, 0.29) is 18.9 Å². The van der Waals surface area contributed by atoms with Crippen molar-refractivity contribution in [1.82, 2.24) is 0 Å². The Bertz CT molecular complexity index is 57.5. The molecular weight excluding hydrogens is 93.0 g/mol. The topological polar surface area (TPSA) is 14.1 Å². The van der Waals surface area contributed by atoms with Gasteiger partial charge in [0.15, 0.2) is 0 Å². The third-order valence-electron chi connectivity index (χ3n) is 1.51. The summed E-state index contributed by atoms with van der Waals surface area (Å²) in [5.41, 5.74) is 0. The molecule has 0 aromatic rings. The predicted octanol–water partition coefficient (Wildman–Crippen LogP) is -1.07. The Kier molecular flexibility index (Phi) is 3.81. The van der Waals surface area contributed by atoms with E-state index in [1.165, 1.54) is 12.8 Å². The normalized spacial score (nSPS) is 36.8. The van der Waals surface area contributed by atoms with Crippen molar-refractivity contribution in [2.45, 2.75) is 38.8 Å². The smallest absolute Gasteiger partial charge is 0.657 e. The molecule has 2 unspecified atom stereocenters. The van der Waals surface area contributed by atoms with E-state index in [2.05, 4.69) is 19.2 Å². The van der Waals surface area contributed by atoms with Crippen molar-refractivity contribution in [2.75, 3.05) is 0 Å². The van der Waals surface area contributed by atoms with Gasteiger partial charge < -0.3 is 5.32 Å². The van der Waals surface area contributed by atoms with Crippen molar-refractivity contribution in [3.63, 3.8) is 0 Å². The SMILES string of the molecule is CC1CCC(C)[N-]1.[Li+]. The first-order valence-corrected chi connectivity index (χ1v) is 2.99. The Balaban J connectivity index is 0.000000490. The summed E-state index contributed by atoms with van der Waals surface area (Å²) in [4.78, 5) is 0. The molecule has 1 saturated heterocycles. The fraction of sp³-hybridized carbons (Fsp3) is 1.00. The van der Waals surface area contributed by atoms with Gasteiger partial charge in [-0.25, -0.2) is 0 Å². The second-order valence-corrected chi connectivity index (χ2v) is 2.42. The molecule has 0 aromatic heterocycles. The Hall–Kier alpha value is 0.557. The Labute approximate surface area is 63.4 Å². The third kappa shape index (κ3) is 2.22. The summed E-state index contributed by atoms with van der Waals surface area (Å²) in [6.45, 7) is 4.37. The molecule has 0 aliphatic carbocycles. The summed E-state index contributed by atoms with van der Waals surface area (Å²) in [6, 6.07) is 1.30. The molecule has 8 heavy (non-hydrogen) atoms. The van der Waals surface area contributed by atoms with E-state index in [0.717, 1.165) is 0 Å². The van der Waals surface area contributed by atoms with Gasteiger partial charge in [-0.1, -0.05) is 26.7 Å². The molecule has 0 spiro atoms. The van der Waals surface area contributed by atoms with Crippen LogP contribution < -0.4 is 18.9 Å². The second-order valence-electron chi connectivity index (χ2n) is 2.42. The monoisotopic (exact) mass is 105 g/mol. The largest absolute Gasteiger partial charge is 1.00 e. The summed E-state index contributed by atoms with van der Waals surface area (Å²) in [5, 5.41) is 4.39. The van der Waals surface area contributed by atoms with Gasteiger partial charge in [-0.3, -0.25) is 0 Å². The van der Waals surface area contributed by atoms with E-state index in [9.17, 15) is 0 Å². The zero-order valence-corrected chi connectivity index (χ0v) is 6.02. The molecule has 0 bridgehead atoms. The molecule has 0 radical (unpaired) electrons. The van der Waals surface area contributed by atoms with E-state index < -0.39 is 0 Å². The second kappa shape index (κ2) is 3.56. The van der Waals surface area contributed by atoms with Crippen LogP contribution in [0.5, 0.6) is 0 Å². The van der Waals surface area contributed by atoms with Crippen LogP contribution in [0.3, 0.4) is 0 Å². The molecule has 42 valence electrons. The van der Waals surface area contributed by atoms with E-state index in [0.29, 0.717) is 12.1 Å². The van der Waals surface area contributed by atoms with Gasteiger partial charge in [-0.05, 0) is 0 Å². The van der Waals surface area contributed by atoms with Crippen LogP contribution in [0.15, 0.2) is 0 Å². The summed E-state index contributed by atoms with van der Waals surface area (Å²) < 4.78 is 0. The third-order valence-corrected chi connectivity index (χ3v) is 1.51. The molecule has 0 aromatic carbocycles. The van der Waals surface area contributed by atoms with Crippen molar-refractivity contribution >= 4 is 0 Å². The Morgan fingerprint density at radius 3 is 1.62 bits per heavy atom. The molecule has 1 heterocycles. The molecule has 1 aliphatic heterocycles. The number of hydrogen-bond acceptors (Lipinski definition) is 0. The number of rotatable bonds is 0. The maximum absolute atomic E-state index is 4.39. The van der Waals surface area contributed by atoms with Gasteiger partial charge in [-0.15, -0.1) is 12.1 Å². The van der Waals surface area contributed by atoms with Crippen LogP contribution >= 0.6 is 0 Å².